The maximum absolute atomic E-state index is 3.67. The molecule has 6 heteroatoms. The lowest BCUT2D eigenvalue weighted by atomic mass is 10.1. The van der Waals surface area contributed by atoms with Crippen molar-refractivity contribution in [3.05, 3.63) is 11.1 Å². The summed E-state index contributed by atoms with van der Waals surface area (Å²) in [7, 11) is 0. The number of piperidine rings is 1. The molecule has 0 radical (unpaired) electrons. The minimum absolute atomic E-state index is 0. The molecule has 1 saturated heterocycles. The average molecular weight is 562 g/mol. The van der Waals surface area contributed by atoms with E-state index in [1.807, 2.05) is 0 Å². The molecule has 0 unspecified atom stereocenters. The topological polar surface area (TPSA) is 0 Å². The summed E-state index contributed by atoms with van der Waals surface area (Å²) in [5, 5.41) is 0. The summed E-state index contributed by atoms with van der Waals surface area (Å²) >= 11 is 14.7. The Kier molecular flexibility index (Phi) is 7.27. The molecule has 2 aliphatic rings. The molecule has 1 spiro atoms. The lowest BCUT2D eigenvalue weighted by Gasteiger charge is -2.38. The van der Waals surface area contributed by atoms with E-state index in [-0.39, 0.29) is 17.0 Å². The molecule has 0 amide bonds. The quantitative estimate of drug-likeness (QED) is 0.273. The minimum Gasteiger partial charge on any atom is -1.00 e. The first-order valence-electron chi connectivity index (χ1n) is 5.67. The van der Waals surface area contributed by atoms with Crippen molar-refractivity contribution < 1.29 is 21.5 Å². The van der Waals surface area contributed by atoms with Gasteiger partial charge in [0.1, 0.15) is 13.1 Å². The van der Waals surface area contributed by atoms with Crippen molar-refractivity contribution in [2.45, 2.75) is 26.7 Å². The molecule has 17 heavy (non-hydrogen) atoms. The molecule has 1 nitrogen and oxygen atoms in total. The molecule has 0 N–H and O–H groups in total. The van der Waals surface area contributed by atoms with Crippen LogP contribution in [0, 0.1) is 0 Å². The van der Waals surface area contributed by atoms with Crippen molar-refractivity contribution in [3.63, 3.8) is 0 Å². The number of nitrogens with zero attached hydrogens (tertiary/aromatic N) is 1. The van der Waals surface area contributed by atoms with Crippen LogP contribution in [0.4, 0.5) is 0 Å². The standard InChI is InChI=1S/C11H16Br4N.BrH/c12-10(13)8-6-16(4-2-1-3-5-16)7-9(8)11(14)15;/h10-11H,1-7H2;1H/q+1;/p-1. The van der Waals surface area contributed by atoms with Gasteiger partial charge in [0.2, 0.25) is 0 Å². The molecule has 2 heterocycles. The second-order valence-electron chi connectivity index (χ2n) is 4.82. The molecule has 2 rings (SSSR count). The van der Waals surface area contributed by atoms with Crippen LogP contribution < -0.4 is 17.0 Å². The first kappa shape index (κ1) is 17.2. The van der Waals surface area contributed by atoms with Crippen LogP contribution in [0.15, 0.2) is 11.1 Å². The first-order valence-corrected chi connectivity index (χ1v) is 9.33. The number of hydrogen-bond acceptors (Lipinski definition) is 0. The Balaban J connectivity index is 0.00000144. The van der Waals surface area contributed by atoms with Gasteiger partial charge in [-0.2, -0.15) is 0 Å². The van der Waals surface area contributed by atoms with Gasteiger partial charge in [0.05, 0.1) is 20.6 Å². The highest BCUT2D eigenvalue weighted by atomic mass is 79.9. The second-order valence-corrected chi connectivity index (χ2v) is 10.9. The van der Waals surface area contributed by atoms with Gasteiger partial charge < -0.3 is 21.5 Å². The van der Waals surface area contributed by atoms with Crippen molar-refractivity contribution >= 4 is 63.7 Å². The van der Waals surface area contributed by atoms with Crippen molar-refractivity contribution in [2.75, 3.05) is 26.2 Å². The van der Waals surface area contributed by atoms with Gasteiger partial charge in [0.25, 0.3) is 0 Å². The smallest absolute Gasteiger partial charge is 0.103 e. The Morgan fingerprint density at radius 2 is 1.18 bits per heavy atom. The van der Waals surface area contributed by atoms with Gasteiger partial charge in [-0.3, -0.25) is 0 Å². The van der Waals surface area contributed by atoms with Crippen LogP contribution in [0.2, 0.25) is 0 Å². The number of hydrogen-bond donors (Lipinski definition) is 0. The Labute approximate surface area is 148 Å². The van der Waals surface area contributed by atoms with Crippen molar-refractivity contribution in [3.8, 4) is 0 Å². The molecule has 100 valence electrons. The molecule has 0 aromatic heterocycles. The summed E-state index contributed by atoms with van der Waals surface area (Å²) in [5.74, 6) is 0. The fourth-order valence-corrected chi connectivity index (χ4v) is 4.65. The van der Waals surface area contributed by atoms with E-state index in [9.17, 15) is 0 Å². The number of halogens is 5. The van der Waals surface area contributed by atoms with Crippen LogP contribution in [-0.2, 0) is 0 Å². The molecule has 2 aliphatic heterocycles. The molecular formula is C11H16Br5N. The third-order valence-electron chi connectivity index (χ3n) is 3.72. The molecule has 0 aromatic carbocycles. The Morgan fingerprint density at radius 3 is 1.53 bits per heavy atom. The van der Waals surface area contributed by atoms with E-state index in [4.69, 9.17) is 0 Å². The normalized spacial score (nSPS) is 23.6. The lowest BCUT2D eigenvalue weighted by molar-refractivity contribution is -0.918. The fraction of sp³-hybridized carbons (Fsp3) is 0.818. The van der Waals surface area contributed by atoms with Gasteiger partial charge in [-0.15, -0.1) is 0 Å². The highest BCUT2D eigenvalue weighted by Gasteiger charge is 2.41. The van der Waals surface area contributed by atoms with Gasteiger partial charge in [-0.1, -0.05) is 63.7 Å². The Morgan fingerprint density at radius 1 is 0.765 bits per heavy atom. The Hall–Kier alpha value is 2.10. The van der Waals surface area contributed by atoms with E-state index >= 15 is 0 Å². The summed E-state index contributed by atoms with van der Waals surface area (Å²) < 4.78 is 1.94. The second kappa shape index (κ2) is 7.21. The lowest BCUT2D eigenvalue weighted by Crippen LogP contribution is -3.00. The minimum atomic E-state index is 0. The predicted molar refractivity (Wildman–Crippen MR) is 83.9 cm³/mol. The summed E-state index contributed by atoms with van der Waals surface area (Å²) in [6.45, 7) is 5.13. The van der Waals surface area contributed by atoms with Gasteiger partial charge >= 0.3 is 0 Å². The number of quaternary nitrogens is 1. The van der Waals surface area contributed by atoms with Crippen molar-refractivity contribution in [1.29, 1.82) is 0 Å². The Bertz CT molecular complexity index is 272. The molecular weight excluding hydrogens is 546 g/mol. The van der Waals surface area contributed by atoms with E-state index in [0.29, 0.717) is 7.47 Å². The molecule has 0 bridgehead atoms. The molecule has 0 aromatic rings. The summed E-state index contributed by atoms with van der Waals surface area (Å²) in [5.41, 5.74) is 3.06. The monoisotopic (exact) mass is 557 g/mol. The first-order chi connectivity index (χ1) is 7.54. The van der Waals surface area contributed by atoms with E-state index in [0.717, 1.165) is 0 Å². The SMILES string of the molecule is BrC(Br)C1=C(C(Br)Br)C[N+]2(CCCCC2)C1.[Br-]. The van der Waals surface area contributed by atoms with Gasteiger partial charge in [-0.05, 0) is 19.3 Å². The highest BCUT2D eigenvalue weighted by Crippen LogP contribution is 2.39. The summed E-state index contributed by atoms with van der Waals surface area (Å²) in [4.78, 5) is 0. The molecule has 1 fully saturated rings. The van der Waals surface area contributed by atoms with Gasteiger partial charge in [0, 0.05) is 11.1 Å². The summed E-state index contributed by atoms with van der Waals surface area (Å²) in [6.07, 6.45) is 4.21. The van der Waals surface area contributed by atoms with Crippen LogP contribution in [0.3, 0.4) is 0 Å². The molecule has 0 saturated carbocycles. The largest absolute Gasteiger partial charge is 1.00 e. The van der Waals surface area contributed by atoms with E-state index < -0.39 is 0 Å². The van der Waals surface area contributed by atoms with Crippen molar-refractivity contribution in [1.82, 2.24) is 0 Å². The zero-order valence-corrected chi connectivity index (χ0v) is 17.4. The predicted octanol–water partition coefficient (Wildman–Crippen LogP) is 1.53. The number of alkyl halides is 4. The maximum Gasteiger partial charge on any atom is 0.103 e. The average Bonchev–Trinajstić information content (AvgIpc) is 2.59. The number of rotatable bonds is 2. The fourth-order valence-electron chi connectivity index (χ4n) is 2.90. The van der Waals surface area contributed by atoms with Crippen LogP contribution in [0.1, 0.15) is 19.3 Å². The van der Waals surface area contributed by atoms with Crippen LogP contribution in [0.25, 0.3) is 0 Å². The molecule has 0 atom stereocenters. The maximum atomic E-state index is 3.67. The third kappa shape index (κ3) is 4.03. The van der Waals surface area contributed by atoms with Gasteiger partial charge in [0.15, 0.2) is 0 Å². The van der Waals surface area contributed by atoms with Crippen LogP contribution in [0.5, 0.6) is 0 Å². The molecule has 0 aliphatic carbocycles. The van der Waals surface area contributed by atoms with Crippen molar-refractivity contribution in [2.24, 2.45) is 0 Å². The zero-order valence-electron chi connectivity index (χ0n) is 9.44. The van der Waals surface area contributed by atoms with Crippen LogP contribution >= 0.6 is 63.7 Å². The third-order valence-corrected chi connectivity index (χ3v) is 5.93. The summed E-state index contributed by atoms with van der Waals surface area (Å²) in [6, 6.07) is 0. The zero-order chi connectivity index (χ0) is 11.8. The van der Waals surface area contributed by atoms with E-state index in [1.54, 1.807) is 0 Å². The van der Waals surface area contributed by atoms with E-state index in [2.05, 4.69) is 63.7 Å². The van der Waals surface area contributed by atoms with E-state index in [1.165, 1.54) is 61.1 Å². The highest BCUT2D eigenvalue weighted by molar-refractivity contribution is 9.25. The van der Waals surface area contributed by atoms with Crippen LogP contribution in [-0.4, -0.2) is 38.1 Å². The van der Waals surface area contributed by atoms with Gasteiger partial charge in [-0.25, -0.2) is 0 Å².